The zero-order valence-corrected chi connectivity index (χ0v) is 9.76. The van der Waals surface area contributed by atoms with Gasteiger partial charge in [0.25, 0.3) is 0 Å². The summed E-state index contributed by atoms with van der Waals surface area (Å²) in [4.78, 5) is 23.1. The Morgan fingerprint density at radius 3 is 2.94 bits per heavy atom. The van der Waals surface area contributed by atoms with Crippen LogP contribution in [0, 0.1) is 5.92 Å². The van der Waals surface area contributed by atoms with Crippen molar-refractivity contribution in [2.45, 2.75) is 44.2 Å². The van der Waals surface area contributed by atoms with Gasteiger partial charge in [0.2, 0.25) is 0 Å². The van der Waals surface area contributed by atoms with Gasteiger partial charge in [-0.15, -0.1) is 0 Å². The molecule has 17 heavy (non-hydrogen) atoms. The highest BCUT2D eigenvalue weighted by molar-refractivity contribution is 5.87. The number of carbonyl (C=O) groups is 2. The monoisotopic (exact) mass is 238 g/mol. The van der Waals surface area contributed by atoms with Crippen LogP contribution in [0.15, 0.2) is 12.2 Å². The summed E-state index contributed by atoms with van der Waals surface area (Å²) in [7, 11) is 0. The van der Waals surface area contributed by atoms with E-state index in [0.29, 0.717) is 12.0 Å². The molecule has 2 bridgehead atoms. The summed E-state index contributed by atoms with van der Waals surface area (Å²) in [6.45, 7) is 6.96. The van der Waals surface area contributed by atoms with E-state index >= 15 is 0 Å². The van der Waals surface area contributed by atoms with Crippen LogP contribution in [-0.2, 0) is 23.8 Å². The first kappa shape index (κ1) is 10.8. The van der Waals surface area contributed by atoms with Gasteiger partial charge < -0.3 is 14.2 Å². The first-order valence-electron chi connectivity index (χ1n) is 5.68. The highest BCUT2D eigenvalue weighted by atomic mass is 16.7. The minimum atomic E-state index is -0.623. The summed E-state index contributed by atoms with van der Waals surface area (Å²) < 4.78 is 16.3. The first-order chi connectivity index (χ1) is 7.93. The number of hydrogen-bond acceptors (Lipinski definition) is 5. The molecule has 0 N–H and O–H groups in total. The molecule has 3 fully saturated rings. The molecular weight excluding hydrogens is 224 g/mol. The van der Waals surface area contributed by atoms with E-state index in [1.54, 1.807) is 6.92 Å². The van der Waals surface area contributed by atoms with Crippen molar-refractivity contribution in [1.29, 1.82) is 0 Å². The highest BCUT2D eigenvalue weighted by Crippen LogP contribution is 2.54. The van der Waals surface area contributed by atoms with E-state index in [1.807, 2.05) is 6.92 Å². The summed E-state index contributed by atoms with van der Waals surface area (Å²) in [6, 6.07) is 0. The molecule has 0 amide bonds. The van der Waals surface area contributed by atoms with Crippen LogP contribution in [0.1, 0.15) is 20.3 Å². The van der Waals surface area contributed by atoms with E-state index in [9.17, 15) is 9.59 Å². The number of carbonyl (C=O) groups excluding carboxylic acids is 2. The maximum atomic E-state index is 11.6. The minimum absolute atomic E-state index is 0.211. The van der Waals surface area contributed by atoms with E-state index in [2.05, 4.69) is 6.58 Å². The molecule has 5 heteroatoms. The quantitative estimate of drug-likeness (QED) is 0.520. The summed E-state index contributed by atoms with van der Waals surface area (Å²) >= 11 is 0. The number of fused-ring (bicyclic) bond motifs is 1. The van der Waals surface area contributed by atoms with Gasteiger partial charge in [0.05, 0.1) is 5.92 Å². The molecule has 0 aromatic carbocycles. The van der Waals surface area contributed by atoms with Crippen LogP contribution in [0.3, 0.4) is 0 Å². The number of esters is 2. The molecule has 5 nitrogen and oxygen atoms in total. The lowest BCUT2D eigenvalue weighted by Gasteiger charge is -2.26. The van der Waals surface area contributed by atoms with Gasteiger partial charge in [-0.05, 0) is 20.3 Å². The number of hydrogen-bond donors (Lipinski definition) is 0. The number of ether oxygens (including phenoxy) is 3. The minimum Gasteiger partial charge on any atom is -0.455 e. The molecule has 3 aliphatic heterocycles. The Morgan fingerprint density at radius 1 is 1.59 bits per heavy atom. The van der Waals surface area contributed by atoms with Crippen molar-refractivity contribution >= 4 is 11.9 Å². The fraction of sp³-hybridized carbons (Fsp3) is 0.667. The average molecular weight is 238 g/mol. The molecule has 5 atom stereocenters. The molecule has 0 radical (unpaired) electrons. The van der Waals surface area contributed by atoms with E-state index in [1.165, 1.54) is 0 Å². The lowest BCUT2D eigenvalue weighted by molar-refractivity contribution is -0.157. The van der Waals surface area contributed by atoms with Crippen molar-refractivity contribution in [3.8, 4) is 0 Å². The topological polar surface area (TPSA) is 61.8 Å². The molecule has 0 aromatic rings. The second kappa shape index (κ2) is 3.10. The molecule has 0 spiro atoms. The summed E-state index contributed by atoms with van der Waals surface area (Å²) in [5, 5.41) is 0. The van der Waals surface area contributed by atoms with Crippen molar-refractivity contribution in [2.24, 2.45) is 5.92 Å². The largest absolute Gasteiger partial charge is 0.455 e. The van der Waals surface area contributed by atoms with Gasteiger partial charge in [0.1, 0.15) is 11.7 Å². The van der Waals surface area contributed by atoms with Crippen LogP contribution in [-0.4, -0.2) is 35.9 Å². The van der Waals surface area contributed by atoms with Gasteiger partial charge in [-0.1, -0.05) is 6.58 Å². The van der Waals surface area contributed by atoms with Gasteiger partial charge in [-0.25, -0.2) is 4.79 Å². The molecule has 5 unspecified atom stereocenters. The predicted octanol–water partition coefficient (Wildman–Crippen LogP) is 0.577. The molecule has 0 aliphatic carbocycles. The summed E-state index contributed by atoms with van der Waals surface area (Å²) in [5.41, 5.74) is -0.291. The van der Waals surface area contributed by atoms with E-state index in [-0.39, 0.29) is 18.0 Å². The second-order valence-electron chi connectivity index (χ2n) is 5.14. The van der Waals surface area contributed by atoms with Gasteiger partial charge >= 0.3 is 11.9 Å². The Hall–Kier alpha value is -1.36. The Labute approximate surface area is 98.7 Å². The van der Waals surface area contributed by atoms with Crippen LogP contribution >= 0.6 is 0 Å². The molecular formula is C12H14O5. The highest BCUT2D eigenvalue weighted by Gasteiger charge is 2.72. The molecule has 3 rings (SSSR count). The van der Waals surface area contributed by atoms with Crippen molar-refractivity contribution in [3.05, 3.63) is 12.2 Å². The maximum absolute atomic E-state index is 11.6. The molecule has 3 aliphatic rings. The average Bonchev–Trinajstić information content (AvgIpc) is 2.74. The van der Waals surface area contributed by atoms with E-state index in [0.717, 1.165) is 0 Å². The Kier molecular flexibility index (Phi) is 1.96. The zero-order valence-electron chi connectivity index (χ0n) is 9.76. The molecule has 0 saturated carbocycles. The Balaban J connectivity index is 1.84. The van der Waals surface area contributed by atoms with Crippen molar-refractivity contribution < 1.29 is 23.8 Å². The Bertz CT molecular complexity index is 429. The standard InChI is InChI=1S/C12H14O5/c1-5(2)10(13)15-8-7-4-6-11(14)16-9(8)12(6,3)17-7/h6-9H,1,4H2,2-3H3. The number of rotatable bonds is 2. The molecule has 0 aromatic heterocycles. The van der Waals surface area contributed by atoms with Crippen LogP contribution in [0.4, 0.5) is 0 Å². The summed E-state index contributed by atoms with van der Waals surface area (Å²) in [6.07, 6.45) is -0.626. The van der Waals surface area contributed by atoms with Gasteiger partial charge in [-0.2, -0.15) is 0 Å². The lowest BCUT2D eigenvalue weighted by Crippen LogP contribution is -2.45. The third-order valence-electron chi connectivity index (χ3n) is 3.91. The van der Waals surface area contributed by atoms with Crippen LogP contribution in [0.5, 0.6) is 0 Å². The van der Waals surface area contributed by atoms with Gasteiger partial charge in [0.15, 0.2) is 12.2 Å². The molecule has 92 valence electrons. The lowest BCUT2D eigenvalue weighted by atomic mass is 9.79. The summed E-state index contributed by atoms with van der Waals surface area (Å²) in [5.74, 6) is -0.916. The fourth-order valence-electron chi connectivity index (χ4n) is 2.99. The first-order valence-corrected chi connectivity index (χ1v) is 5.68. The smallest absolute Gasteiger partial charge is 0.333 e. The van der Waals surface area contributed by atoms with Crippen molar-refractivity contribution in [1.82, 2.24) is 0 Å². The van der Waals surface area contributed by atoms with E-state index < -0.39 is 23.8 Å². The predicted molar refractivity (Wildman–Crippen MR) is 56.0 cm³/mol. The van der Waals surface area contributed by atoms with Crippen LogP contribution in [0.25, 0.3) is 0 Å². The zero-order chi connectivity index (χ0) is 12.4. The maximum Gasteiger partial charge on any atom is 0.333 e. The van der Waals surface area contributed by atoms with Crippen molar-refractivity contribution in [2.75, 3.05) is 0 Å². The Morgan fingerprint density at radius 2 is 2.29 bits per heavy atom. The van der Waals surface area contributed by atoms with Gasteiger partial charge in [0, 0.05) is 5.57 Å². The SMILES string of the molecule is C=C(C)C(=O)OC1C2CC3C(=O)OC1C3(C)O2. The van der Waals surface area contributed by atoms with E-state index in [4.69, 9.17) is 14.2 Å². The second-order valence-corrected chi connectivity index (χ2v) is 5.14. The normalized spacial score (nSPS) is 45.9. The third kappa shape index (κ3) is 1.23. The van der Waals surface area contributed by atoms with Crippen molar-refractivity contribution in [3.63, 3.8) is 0 Å². The molecule has 3 heterocycles. The van der Waals surface area contributed by atoms with Gasteiger partial charge in [-0.3, -0.25) is 4.79 Å². The van der Waals surface area contributed by atoms with Crippen LogP contribution in [0.2, 0.25) is 0 Å². The molecule has 3 saturated heterocycles. The third-order valence-corrected chi connectivity index (χ3v) is 3.91. The fourth-order valence-corrected chi connectivity index (χ4v) is 2.99. The van der Waals surface area contributed by atoms with Crippen LogP contribution < -0.4 is 0 Å².